The van der Waals surface area contributed by atoms with Crippen molar-refractivity contribution in [2.45, 2.75) is 24.9 Å². The average molecular weight is 489 g/mol. The summed E-state index contributed by atoms with van der Waals surface area (Å²) in [5.74, 6) is -1.62. The van der Waals surface area contributed by atoms with Crippen molar-refractivity contribution in [3.05, 3.63) is 95.1 Å². The first-order chi connectivity index (χ1) is 17.5. The zero-order valence-electron chi connectivity index (χ0n) is 20.0. The van der Waals surface area contributed by atoms with Crippen LogP contribution >= 0.6 is 0 Å². The lowest BCUT2D eigenvalue weighted by atomic mass is 9.94. The van der Waals surface area contributed by atoms with Crippen LogP contribution in [0.5, 0.6) is 11.5 Å². The second kappa shape index (κ2) is 9.91. The third-order valence-corrected chi connectivity index (χ3v) is 6.95. The number of aromatic hydroxyl groups is 1. The first-order valence-electron chi connectivity index (χ1n) is 12.0. The number of hydrogen-bond donors (Lipinski definition) is 2. The number of methoxy groups -OCH3 is 1. The van der Waals surface area contributed by atoms with Gasteiger partial charge in [0.2, 0.25) is 5.78 Å². The Hall–Kier alpha value is -4.04. The molecule has 5 rings (SSSR count). The summed E-state index contributed by atoms with van der Waals surface area (Å²) in [6, 6.07) is 16.7. The molecule has 8 heteroatoms. The monoisotopic (exact) mass is 488 g/mol. The first kappa shape index (κ1) is 23.7. The van der Waals surface area contributed by atoms with Gasteiger partial charge in [0, 0.05) is 6.54 Å². The highest BCUT2D eigenvalue weighted by molar-refractivity contribution is 6.15. The number of furan rings is 1. The molecule has 0 bridgehead atoms. The fraction of sp³-hybridized carbons (Fsp3) is 0.286. The number of hydrogen-bond acceptors (Lipinski definition) is 7. The quantitative estimate of drug-likeness (QED) is 0.453. The Bertz CT molecular complexity index is 1280. The number of ketones is 1. The van der Waals surface area contributed by atoms with Crippen LogP contribution in [0, 0.1) is 0 Å². The second-order valence-electron chi connectivity index (χ2n) is 9.03. The van der Waals surface area contributed by atoms with Crippen molar-refractivity contribution in [2.24, 2.45) is 0 Å². The van der Waals surface area contributed by atoms with Crippen LogP contribution < -0.4 is 4.74 Å². The number of ether oxygens (including phenoxy) is 1. The molecule has 8 nitrogen and oxygen atoms in total. The van der Waals surface area contributed by atoms with Crippen molar-refractivity contribution in [2.75, 3.05) is 26.7 Å². The minimum Gasteiger partial charge on any atom is -0.504 e. The minimum atomic E-state index is -0.890. The van der Waals surface area contributed by atoms with Crippen molar-refractivity contribution >= 4 is 11.7 Å². The van der Waals surface area contributed by atoms with E-state index >= 15 is 0 Å². The summed E-state index contributed by atoms with van der Waals surface area (Å²) in [5, 5.41) is 21.1. The van der Waals surface area contributed by atoms with E-state index in [-0.39, 0.29) is 35.4 Å². The van der Waals surface area contributed by atoms with E-state index in [4.69, 9.17) is 9.15 Å². The molecule has 2 atom stereocenters. The number of aliphatic hydroxyl groups excluding tert-OH is 1. The third kappa shape index (κ3) is 4.24. The molecule has 3 aromatic rings. The molecule has 1 saturated heterocycles. The summed E-state index contributed by atoms with van der Waals surface area (Å²) < 4.78 is 10.6. The third-order valence-electron chi connectivity index (χ3n) is 6.95. The number of phenolic OH excluding ortho intramolecular Hbond substituents is 1. The Morgan fingerprint density at radius 1 is 1.08 bits per heavy atom. The predicted molar refractivity (Wildman–Crippen MR) is 132 cm³/mol. The summed E-state index contributed by atoms with van der Waals surface area (Å²) in [6.07, 6.45) is 3.51. The standard InChI is InChI=1S/C28H28N2O6/c1-35-23-16-19(11-12-21(23)31)25-24(26(32)22-10-7-15-36-22)27(33)28(34)30(25)17-20(29-13-5-6-14-29)18-8-3-2-4-9-18/h2-4,7-12,15-16,20,25,31,33H,5-6,13-14,17H2,1H3. The van der Waals surface area contributed by atoms with Gasteiger partial charge in [-0.05, 0) is 61.3 Å². The molecule has 186 valence electrons. The summed E-state index contributed by atoms with van der Waals surface area (Å²) in [6.45, 7) is 2.06. The molecular formula is C28H28N2O6. The topological polar surface area (TPSA) is 103 Å². The highest BCUT2D eigenvalue weighted by Gasteiger charge is 2.46. The fourth-order valence-electron chi connectivity index (χ4n) is 5.17. The predicted octanol–water partition coefficient (Wildman–Crippen LogP) is 4.41. The molecule has 0 spiro atoms. The Morgan fingerprint density at radius 2 is 1.83 bits per heavy atom. The number of benzene rings is 2. The molecule has 0 saturated carbocycles. The van der Waals surface area contributed by atoms with Gasteiger partial charge in [-0.15, -0.1) is 0 Å². The Balaban J connectivity index is 1.59. The summed E-state index contributed by atoms with van der Waals surface area (Å²) in [4.78, 5) is 30.8. The van der Waals surface area contributed by atoms with Gasteiger partial charge in [-0.2, -0.15) is 0 Å². The number of likely N-dealkylation sites (tertiary alicyclic amines) is 1. The van der Waals surface area contributed by atoms with Crippen LogP contribution in [0.15, 0.2) is 82.7 Å². The molecule has 3 heterocycles. The molecule has 1 fully saturated rings. The maximum atomic E-state index is 13.5. The molecule has 36 heavy (non-hydrogen) atoms. The summed E-state index contributed by atoms with van der Waals surface area (Å²) in [7, 11) is 1.43. The van der Waals surface area contributed by atoms with Crippen LogP contribution in [0.3, 0.4) is 0 Å². The van der Waals surface area contributed by atoms with Crippen LogP contribution in [0.4, 0.5) is 0 Å². The number of carbonyl (C=O) groups is 2. The number of aliphatic hydroxyl groups is 1. The van der Waals surface area contributed by atoms with E-state index in [1.807, 2.05) is 30.3 Å². The maximum Gasteiger partial charge on any atom is 0.290 e. The molecule has 0 radical (unpaired) electrons. The molecule has 2 N–H and O–H groups in total. The van der Waals surface area contributed by atoms with Crippen LogP contribution in [-0.2, 0) is 4.79 Å². The Labute approximate surface area is 209 Å². The van der Waals surface area contributed by atoms with E-state index in [2.05, 4.69) is 4.90 Å². The number of phenols is 1. The van der Waals surface area contributed by atoms with Crippen molar-refractivity contribution in [1.82, 2.24) is 9.80 Å². The van der Waals surface area contributed by atoms with Crippen LogP contribution in [0.25, 0.3) is 0 Å². The SMILES string of the molecule is COc1cc(C2C(C(=O)c3ccco3)=C(O)C(=O)N2CC(c2ccccc2)N2CCCC2)ccc1O. The van der Waals surface area contributed by atoms with Gasteiger partial charge in [-0.1, -0.05) is 36.4 Å². The van der Waals surface area contributed by atoms with Crippen molar-refractivity contribution in [3.63, 3.8) is 0 Å². The van der Waals surface area contributed by atoms with Gasteiger partial charge < -0.3 is 24.3 Å². The number of nitrogens with zero attached hydrogens (tertiary/aromatic N) is 2. The molecular weight excluding hydrogens is 460 g/mol. The highest BCUT2D eigenvalue weighted by Crippen LogP contribution is 2.43. The van der Waals surface area contributed by atoms with E-state index in [1.165, 1.54) is 30.4 Å². The van der Waals surface area contributed by atoms with Gasteiger partial charge >= 0.3 is 0 Å². The fourth-order valence-corrected chi connectivity index (χ4v) is 5.17. The number of amides is 1. The van der Waals surface area contributed by atoms with Gasteiger partial charge in [-0.25, -0.2) is 0 Å². The molecule has 2 unspecified atom stereocenters. The lowest BCUT2D eigenvalue weighted by Crippen LogP contribution is -2.40. The van der Waals surface area contributed by atoms with E-state index < -0.39 is 23.5 Å². The normalized spacial score (nSPS) is 19.2. The van der Waals surface area contributed by atoms with Crippen LogP contribution in [-0.4, -0.2) is 58.4 Å². The largest absolute Gasteiger partial charge is 0.504 e. The minimum absolute atomic E-state index is 0.0288. The second-order valence-corrected chi connectivity index (χ2v) is 9.03. The molecule has 1 amide bonds. The van der Waals surface area contributed by atoms with Gasteiger partial charge in [0.1, 0.15) is 0 Å². The lowest BCUT2D eigenvalue weighted by molar-refractivity contribution is -0.130. The number of carbonyl (C=O) groups excluding carboxylic acids is 2. The van der Waals surface area contributed by atoms with Gasteiger partial charge in [-0.3, -0.25) is 14.5 Å². The van der Waals surface area contributed by atoms with Crippen LogP contribution in [0.2, 0.25) is 0 Å². The van der Waals surface area contributed by atoms with E-state index in [0.717, 1.165) is 31.5 Å². The van der Waals surface area contributed by atoms with E-state index in [1.54, 1.807) is 18.2 Å². The zero-order valence-corrected chi connectivity index (χ0v) is 20.0. The van der Waals surface area contributed by atoms with E-state index in [0.29, 0.717) is 5.56 Å². The smallest absolute Gasteiger partial charge is 0.290 e. The van der Waals surface area contributed by atoms with Gasteiger partial charge in [0.05, 0.1) is 31.0 Å². The molecule has 2 aliphatic rings. The zero-order chi connectivity index (χ0) is 25.2. The number of Topliss-reactive ketones (excluding diaryl/α,β-unsaturated/α-hetero) is 1. The van der Waals surface area contributed by atoms with Crippen molar-refractivity contribution in [3.8, 4) is 11.5 Å². The van der Waals surface area contributed by atoms with Gasteiger partial charge in [0.15, 0.2) is 23.0 Å². The van der Waals surface area contributed by atoms with Gasteiger partial charge in [0.25, 0.3) is 5.91 Å². The summed E-state index contributed by atoms with van der Waals surface area (Å²) in [5.41, 5.74) is 1.53. The number of rotatable bonds is 8. The Kier molecular flexibility index (Phi) is 6.52. The first-order valence-corrected chi connectivity index (χ1v) is 12.0. The molecule has 1 aromatic heterocycles. The lowest BCUT2D eigenvalue weighted by Gasteiger charge is -2.35. The Morgan fingerprint density at radius 3 is 2.50 bits per heavy atom. The highest BCUT2D eigenvalue weighted by atomic mass is 16.5. The van der Waals surface area contributed by atoms with E-state index in [9.17, 15) is 19.8 Å². The van der Waals surface area contributed by atoms with Crippen molar-refractivity contribution in [1.29, 1.82) is 0 Å². The van der Waals surface area contributed by atoms with Crippen molar-refractivity contribution < 1.29 is 29.0 Å². The molecule has 0 aliphatic carbocycles. The molecule has 2 aliphatic heterocycles. The summed E-state index contributed by atoms with van der Waals surface area (Å²) >= 11 is 0. The van der Waals surface area contributed by atoms with Crippen LogP contribution in [0.1, 0.15) is 46.6 Å². The maximum absolute atomic E-state index is 13.5. The average Bonchev–Trinajstić information content (AvgIpc) is 3.67. The molecule has 2 aromatic carbocycles.